The van der Waals surface area contributed by atoms with Gasteiger partial charge in [-0.05, 0) is 25.0 Å². The fourth-order valence-corrected chi connectivity index (χ4v) is 2.46. The minimum atomic E-state index is 0.495. The Kier molecular flexibility index (Phi) is 2.42. The molecule has 3 aromatic rings. The van der Waals surface area contributed by atoms with E-state index >= 15 is 0 Å². The molecular weight excluding hydrogens is 254 g/mol. The Morgan fingerprint density at radius 3 is 3.10 bits per heavy atom. The zero-order valence-electron chi connectivity index (χ0n) is 10.9. The van der Waals surface area contributed by atoms with Gasteiger partial charge in [0.05, 0.1) is 19.0 Å². The predicted octanol–water partition coefficient (Wildman–Crippen LogP) is 2.07. The summed E-state index contributed by atoms with van der Waals surface area (Å²) in [5, 5.41) is 0. The van der Waals surface area contributed by atoms with E-state index in [1.54, 1.807) is 18.7 Å². The fourth-order valence-electron chi connectivity index (χ4n) is 2.46. The predicted molar refractivity (Wildman–Crippen MR) is 75.3 cm³/mol. The Bertz CT molecular complexity index is 729. The van der Waals surface area contributed by atoms with E-state index in [4.69, 9.17) is 10.2 Å². The third kappa shape index (κ3) is 1.89. The highest BCUT2D eigenvalue weighted by atomic mass is 16.3. The van der Waals surface area contributed by atoms with Crippen molar-refractivity contribution in [2.24, 2.45) is 0 Å². The fraction of sp³-hybridized carbons (Fsp3) is 0.286. The lowest BCUT2D eigenvalue weighted by Crippen LogP contribution is -2.26. The van der Waals surface area contributed by atoms with Crippen molar-refractivity contribution in [3.05, 3.63) is 42.7 Å². The lowest BCUT2D eigenvalue weighted by molar-refractivity contribution is 0.500. The van der Waals surface area contributed by atoms with Gasteiger partial charge in [-0.25, -0.2) is 9.97 Å². The Labute approximate surface area is 115 Å². The summed E-state index contributed by atoms with van der Waals surface area (Å²) in [6, 6.07) is 4.37. The molecule has 4 rings (SSSR count). The third-order valence-electron chi connectivity index (χ3n) is 3.54. The van der Waals surface area contributed by atoms with Crippen LogP contribution < -0.4 is 10.6 Å². The molecule has 0 amide bonds. The Morgan fingerprint density at radius 1 is 1.45 bits per heavy atom. The summed E-state index contributed by atoms with van der Waals surface area (Å²) in [6.07, 6.45) is 9.46. The number of nitrogen functional groups attached to an aromatic ring is 1. The Morgan fingerprint density at radius 2 is 2.35 bits per heavy atom. The number of aromatic nitrogens is 3. The number of hydrogen-bond acceptors (Lipinski definition) is 5. The topological polar surface area (TPSA) is 72.6 Å². The molecule has 0 bridgehead atoms. The van der Waals surface area contributed by atoms with E-state index in [-0.39, 0.29) is 0 Å². The van der Waals surface area contributed by atoms with E-state index in [0.717, 1.165) is 17.2 Å². The minimum absolute atomic E-state index is 0.495. The molecule has 0 radical (unpaired) electrons. The van der Waals surface area contributed by atoms with Crippen LogP contribution in [-0.4, -0.2) is 20.4 Å². The van der Waals surface area contributed by atoms with Crippen LogP contribution in [0.3, 0.4) is 0 Å². The first-order valence-corrected chi connectivity index (χ1v) is 6.69. The van der Waals surface area contributed by atoms with Gasteiger partial charge in [0.15, 0.2) is 11.5 Å². The van der Waals surface area contributed by atoms with Crippen molar-refractivity contribution in [3.63, 3.8) is 0 Å². The molecule has 0 spiro atoms. The first-order valence-electron chi connectivity index (χ1n) is 6.69. The summed E-state index contributed by atoms with van der Waals surface area (Å²) in [5.41, 5.74) is 6.74. The molecule has 102 valence electrons. The molecule has 6 nitrogen and oxygen atoms in total. The number of furan rings is 1. The normalized spacial score (nSPS) is 14.8. The molecule has 1 aliphatic carbocycles. The van der Waals surface area contributed by atoms with Crippen LogP contribution in [-0.2, 0) is 6.54 Å². The molecule has 3 aromatic heterocycles. The molecule has 1 saturated carbocycles. The lowest BCUT2D eigenvalue weighted by Gasteiger charge is -2.23. The highest BCUT2D eigenvalue weighted by molar-refractivity contribution is 5.67. The van der Waals surface area contributed by atoms with Crippen LogP contribution in [0.4, 0.5) is 11.6 Å². The maximum atomic E-state index is 5.91. The van der Waals surface area contributed by atoms with E-state index in [1.165, 1.54) is 12.8 Å². The smallest absolute Gasteiger partial charge is 0.180 e. The maximum Gasteiger partial charge on any atom is 0.180 e. The second kappa shape index (κ2) is 4.26. The van der Waals surface area contributed by atoms with Gasteiger partial charge in [0.1, 0.15) is 11.6 Å². The lowest BCUT2D eigenvalue weighted by atomic mass is 10.3. The number of nitrogens with zero attached hydrogens (tertiary/aromatic N) is 4. The largest absolute Gasteiger partial charge is 0.467 e. The molecule has 0 aliphatic heterocycles. The van der Waals surface area contributed by atoms with Crippen LogP contribution >= 0.6 is 0 Å². The van der Waals surface area contributed by atoms with Crippen molar-refractivity contribution in [1.82, 2.24) is 14.4 Å². The minimum Gasteiger partial charge on any atom is -0.467 e. The van der Waals surface area contributed by atoms with Crippen molar-refractivity contribution in [2.75, 3.05) is 10.6 Å². The van der Waals surface area contributed by atoms with Gasteiger partial charge in [-0.3, -0.25) is 0 Å². The van der Waals surface area contributed by atoms with Gasteiger partial charge in [-0.15, -0.1) is 0 Å². The van der Waals surface area contributed by atoms with Gasteiger partial charge in [0.2, 0.25) is 0 Å². The molecule has 6 heteroatoms. The molecule has 0 unspecified atom stereocenters. The molecule has 20 heavy (non-hydrogen) atoms. The van der Waals surface area contributed by atoms with E-state index in [1.807, 2.05) is 22.7 Å². The molecule has 0 atom stereocenters. The van der Waals surface area contributed by atoms with Crippen LogP contribution in [0, 0.1) is 0 Å². The number of rotatable bonds is 4. The van der Waals surface area contributed by atoms with Gasteiger partial charge in [-0.2, -0.15) is 0 Å². The summed E-state index contributed by atoms with van der Waals surface area (Å²) in [5.74, 6) is 2.25. The van der Waals surface area contributed by atoms with E-state index in [9.17, 15) is 0 Å². The standard InChI is InChI=1S/C14H15N5O/c15-12-9-18-6-5-16-13(18)14(17-12)19(10-3-4-10)8-11-2-1-7-20-11/h1-2,5-7,9-10H,3-4,8,15H2. The second-order valence-corrected chi connectivity index (χ2v) is 5.09. The van der Waals surface area contributed by atoms with Crippen LogP contribution in [0.15, 0.2) is 41.4 Å². The highest BCUT2D eigenvalue weighted by Crippen LogP contribution is 2.34. The molecule has 0 aromatic carbocycles. The summed E-state index contributed by atoms with van der Waals surface area (Å²) in [4.78, 5) is 11.1. The monoisotopic (exact) mass is 269 g/mol. The van der Waals surface area contributed by atoms with Crippen LogP contribution in [0.5, 0.6) is 0 Å². The van der Waals surface area contributed by atoms with E-state index < -0.39 is 0 Å². The molecular formula is C14H15N5O. The molecule has 1 aliphatic rings. The third-order valence-corrected chi connectivity index (χ3v) is 3.54. The molecule has 0 saturated heterocycles. The van der Waals surface area contributed by atoms with Crippen molar-refractivity contribution < 1.29 is 4.42 Å². The average Bonchev–Trinajstić information content (AvgIpc) is 2.96. The maximum absolute atomic E-state index is 5.91. The summed E-state index contributed by atoms with van der Waals surface area (Å²) < 4.78 is 7.37. The number of imidazole rings is 1. The zero-order chi connectivity index (χ0) is 13.5. The zero-order valence-corrected chi connectivity index (χ0v) is 10.9. The van der Waals surface area contributed by atoms with Gasteiger partial charge < -0.3 is 19.5 Å². The number of anilines is 2. The first kappa shape index (κ1) is 11.3. The van der Waals surface area contributed by atoms with E-state index in [0.29, 0.717) is 18.4 Å². The van der Waals surface area contributed by atoms with Gasteiger partial charge in [0.25, 0.3) is 0 Å². The van der Waals surface area contributed by atoms with Gasteiger partial charge in [-0.1, -0.05) is 0 Å². The molecule has 1 fully saturated rings. The Hall–Kier alpha value is -2.50. The Balaban J connectivity index is 1.79. The van der Waals surface area contributed by atoms with Crippen molar-refractivity contribution in [1.29, 1.82) is 0 Å². The van der Waals surface area contributed by atoms with Crippen LogP contribution in [0.25, 0.3) is 5.65 Å². The summed E-state index contributed by atoms with van der Waals surface area (Å²) in [7, 11) is 0. The molecule has 3 heterocycles. The summed E-state index contributed by atoms with van der Waals surface area (Å²) in [6.45, 7) is 0.691. The molecule has 2 N–H and O–H groups in total. The SMILES string of the molecule is Nc1cn2ccnc2c(N(Cc2ccco2)C2CC2)n1. The second-order valence-electron chi connectivity index (χ2n) is 5.09. The number of hydrogen-bond donors (Lipinski definition) is 1. The van der Waals surface area contributed by atoms with Gasteiger partial charge in [0, 0.05) is 18.4 Å². The number of fused-ring (bicyclic) bond motifs is 1. The summed E-state index contributed by atoms with van der Waals surface area (Å²) >= 11 is 0. The highest BCUT2D eigenvalue weighted by Gasteiger charge is 2.32. The van der Waals surface area contributed by atoms with Crippen molar-refractivity contribution >= 4 is 17.3 Å². The number of nitrogens with two attached hydrogens (primary N) is 1. The first-order chi connectivity index (χ1) is 9.81. The van der Waals surface area contributed by atoms with Crippen LogP contribution in [0.1, 0.15) is 18.6 Å². The van der Waals surface area contributed by atoms with Crippen molar-refractivity contribution in [2.45, 2.75) is 25.4 Å². The van der Waals surface area contributed by atoms with Crippen LogP contribution in [0.2, 0.25) is 0 Å². The van der Waals surface area contributed by atoms with Gasteiger partial charge >= 0.3 is 0 Å². The average molecular weight is 269 g/mol. The van der Waals surface area contributed by atoms with Crippen molar-refractivity contribution in [3.8, 4) is 0 Å². The quantitative estimate of drug-likeness (QED) is 0.785. The van der Waals surface area contributed by atoms with E-state index in [2.05, 4.69) is 14.9 Å².